The fraction of sp³-hybridized carbons (Fsp3) is 0.364. The summed E-state index contributed by atoms with van der Waals surface area (Å²) in [6.45, 7) is -0.667. The molecule has 0 saturated heterocycles. The summed E-state index contributed by atoms with van der Waals surface area (Å²) in [7, 11) is 2.02. The van der Waals surface area contributed by atoms with Gasteiger partial charge >= 0.3 is 12.6 Å². The first-order chi connectivity index (χ1) is 14.8. The molecule has 0 amide bonds. The number of alkyl halides is 2. The number of likely N-dealkylation sites (N-methyl/N-ethyl adjacent to an activating group) is 1. The van der Waals surface area contributed by atoms with Crippen molar-refractivity contribution in [3.8, 4) is 16.9 Å². The van der Waals surface area contributed by atoms with Gasteiger partial charge < -0.3 is 19.0 Å². The van der Waals surface area contributed by atoms with Crippen molar-refractivity contribution in [3.63, 3.8) is 0 Å². The molecule has 1 aromatic carbocycles. The Kier molecular flexibility index (Phi) is 4.58. The minimum atomic E-state index is -3.09. The largest absolute Gasteiger partial charge is 0.477 e. The highest BCUT2D eigenvalue weighted by atomic mass is 19.3. The lowest BCUT2D eigenvalue weighted by Crippen LogP contribution is -2.29. The molecule has 1 saturated carbocycles. The van der Waals surface area contributed by atoms with Crippen LogP contribution in [0.4, 0.5) is 8.78 Å². The molecule has 2 aromatic heterocycles. The van der Waals surface area contributed by atoms with Crippen molar-refractivity contribution in [2.24, 2.45) is 0 Å². The molecule has 1 aliphatic heterocycles. The third-order valence-corrected chi connectivity index (χ3v) is 5.98. The first kappa shape index (κ1) is 19.7. The summed E-state index contributed by atoms with van der Waals surface area (Å²) in [6.07, 6.45) is 4.73. The fourth-order valence-electron chi connectivity index (χ4n) is 4.32. The molecule has 31 heavy (non-hydrogen) atoms. The van der Waals surface area contributed by atoms with Gasteiger partial charge in [0, 0.05) is 54.9 Å². The number of ether oxygens (including phenoxy) is 1. The second-order valence-corrected chi connectivity index (χ2v) is 8.18. The summed E-state index contributed by atoms with van der Waals surface area (Å²) in [5.41, 5.74) is 1.37. The van der Waals surface area contributed by atoms with Crippen molar-refractivity contribution in [3.05, 3.63) is 52.1 Å². The quantitative estimate of drug-likeness (QED) is 0.671. The third-order valence-electron chi connectivity index (χ3n) is 5.98. The summed E-state index contributed by atoms with van der Waals surface area (Å²) in [5, 5.41) is 9.51. The maximum absolute atomic E-state index is 13.5. The standard InChI is InChI=1S/C22H21F2N3O4/c1-25-6-7-26-9-12(8-14(26)10-25)15-4-5-16-18(20(15)31-22(23)24)27(13-2-3-13)11-17(19(16)28)21(29)30/h4-5,8-9,11,13,22H,2-3,6-7,10H2,1H3,(H,29,30). The van der Waals surface area contributed by atoms with Crippen LogP contribution < -0.4 is 10.2 Å². The van der Waals surface area contributed by atoms with Crippen molar-refractivity contribution in [1.82, 2.24) is 14.0 Å². The lowest BCUT2D eigenvalue weighted by molar-refractivity contribution is -0.0486. The zero-order valence-electron chi connectivity index (χ0n) is 16.8. The van der Waals surface area contributed by atoms with Gasteiger partial charge in [-0.2, -0.15) is 8.78 Å². The molecular formula is C22H21F2N3O4. The molecule has 1 fully saturated rings. The summed E-state index contributed by atoms with van der Waals surface area (Å²) in [4.78, 5) is 26.6. The van der Waals surface area contributed by atoms with Gasteiger partial charge in [0.15, 0.2) is 5.75 Å². The molecule has 2 aliphatic rings. The molecule has 0 bridgehead atoms. The summed E-state index contributed by atoms with van der Waals surface area (Å²) >= 11 is 0. The number of carbonyl (C=O) groups is 1. The molecule has 7 nitrogen and oxygen atoms in total. The van der Waals surface area contributed by atoms with Gasteiger partial charge in [-0.1, -0.05) is 0 Å². The van der Waals surface area contributed by atoms with Gasteiger partial charge in [0.2, 0.25) is 5.43 Å². The molecule has 3 aromatic rings. The van der Waals surface area contributed by atoms with Crippen molar-refractivity contribution < 1.29 is 23.4 Å². The van der Waals surface area contributed by atoms with E-state index >= 15 is 0 Å². The predicted octanol–water partition coefficient (Wildman–Crippen LogP) is 3.55. The summed E-state index contributed by atoms with van der Waals surface area (Å²) in [6, 6.07) is 4.97. The number of aromatic carboxylic acids is 1. The number of fused-ring (bicyclic) bond motifs is 2. The zero-order valence-corrected chi connectivity index (χ0v) is 16.8. The number of halogens is 2. The summed E-state index contributed by atoms with van der Waals surface area (Å²) < 4.78 is 35.6. The van der Waals surface area contributed by atoms with E-state index < -0.39 is 18.0 Å². The van der Waals surface area contributed by atoms with E-state index in [1.807, 2.05) is 19.3 Å². The molecule has 0 unspecified atom stereocenters. The topological polar surface area (TPSA) is 76.7 Å². The highest BCUT2D eigenvalue weighted by Crippen LogP contribution is 2.43. The average Bonchev–Trinajstić information content (AvgIpc) is 3.47. The van der Waals surface area contributed by atoms with Crippen molar-refractivity contribution in [1.29, 1.82) is 0 Å². The van der Waals surface area contributed by atoms with Gasteiger partial charge in [0.25, 0.3) is 0 Å². The van der Waals surface area contributed by atoms with Crippen LogP contribution in [-0.2, 0) is 13.1 Å². The number of hydrogen-bond acceptors (Lipinski definition) is 4. The third kappa shape index (κ3) is 3.38. The molecule has 5 rings (SSSR count). The van der Waals surface area contributed by atoms with E-state index in [1.54, 1.807) is 10.6 Å². The van der Waals surface area contributed by atoms with Gasteiger partial charge in [-0.3, -0.25) is 9.69 Å². The maximum Gasteiger partial charge on any atom is 0.387 e. The monoisotopic (exact) mass is 429 g/mol. The number of carboxylic acid groups (broad SMARTS) is 1. The smallest absolute Gasteiger partial charge is 0.387 e. The van der Waals surface area contributed by atoms with Crippen molar-refractivity contribution in [2.75, 3.05) is 13.6 Å². The van der Waals surface area contributed by atoms with Gasteiger partial charge in [-0.25, -0.2) is 4.79 Å². The lowest BCUT2D eigenvalue weighted by Gasteiger charge is -2.24. The van der Waals surface area contributed by atoms with E-state index in [1.165, 1.54) is 12.3 Å². The summed E-state index contributed by atoms with van der Waals surface area (Å²) in [5.74, 6) is -1.43. The molecule has 1 aliphatic carbocycles. The Balaban J connectivity index is 1.78. The van der Waals surface area contributed by atoms with Crippen molar-refractivity contribution >= 4 is 16.9 Å². The zero-order chi connectivity index (χ0) is 21.9. The highest BCUT2D eigenvalue weighted by molar-refractivity contribution is 5.97. The number of pyridine rings is 1. The number of aromatic nitrogens is 2. The van der Waals surface area contributed by atoms with E-state index in [0.717, 1.165) is 43.7 Å². The number of nitrogens with zero attached hydrogens (tertiary/aromatic N) is 3. The Morgan fingerprint density at radius 1 is 1.23 bits per heavy atom. The van der Waals surface area contributed by atoms with E-state index in [0.29, 0.717) is 5.56 Å². The van der Waals surface area contributed by atoms with Gasteiger partial charge in [-0.15, -0.1) is 0 Å². The first-order valence-electron chi connectivity index (χ1n) is 10.1. The predicted molar refractivity (Wildman–Crippen MR) is 110 cm³/mol. The van der Waals surface area contributed by atoms with Crippen LogP contribution in [0.1, 0.15) is 34.9 Å². The number of benzene rings is 1. The first-order valence-corrected chi connectivity index (χ1v) is 10.1. The fourth-order valence-corrected chi connectivity index (χ4v) is 4.32. The van der Waals surface area contributed by atoms with Crippen LogP contribution in [0.5, 0.6) is 5.75 Å². The normalized spacial score (nSPS) is 16.6. The van der Waals surface area contributed by atoms with Gasteiger partial charge in [0.1, 0.15) is 5.56 Å². The van der Waals surface area contributed by atoms with Crippen LogP contribution in [0.25, 0.3) is 22.0 Å². The Hall–Kier alpha value is -3.20. The Morgan fingerprint density at radius 3 is 2.68 bits per heavy atom. The van der Waals surface area contributed by atoms with Crippen LogP contribution in [0.15, 0.2) is 35.4 Å². The second kappa shape index (κ2) is 7.19. The van der Waals surface area contributed by atoms with Crippen LogP contribution in [-0.4, -0.2) is 45.3 Å². The molecule has 3 heterocycles. The highest BCUT2D eigenvalue weighted by Gasteiger charge is 2.30. The van der Waals surface area contributed by atoms with E-state index in [2.05, 4.69) is 9.47 Å². The van der Waals surface area contributed by atoms with E-state index in [-0.39, 0.29) is 28.3 Å². The second-order valence-electron chi connectivity index (χ2n) is 8.18. The molecule has 0 spiro atoms. The average molecular weight is 429 g/mol. The Morgan fingerprint density at radius 2 is 2.00 bits per heavy atom. The molecule has 9 heteroatoms. The minimum Gasteiger partial charge on any atom is -0.477 e. The molecule has 162 valence electrons. The van der Waals surface area contributed by atoms with Gasteiger partial charge in [-0.05, 0) is 38.1 Å². The molecule has 1 N–H and O–H groups in total. The number of carboxylic acids is 1. The van der Waals surface area contributed by atoms with Crippen LogP contribution in [0.2, 0.25) is 0 Å². The Labute approximate surface area is 176 Å². The minimum absolute atomic E-state index is 0.0487. The molecular weight excluding hydrogens is 408 g/mol. The molecule has 0 radical (unpaired) electrons. The molecule has 0 atom stereocenters. The number of rotatable bonds is 5. The van der Waals surface area contributed by atoms with Crippen LogP contribution in [0.3, 0.4) is 0 Å². The number of hydrogen-bond donors (Lipinski definition) is 1. The van der Waals surface area contributed by atoms with Gasteiger partial charge in [0.05, 0.1) is 10.9 Å². The van der Waals surface area contributed by atoms with Crippen molar-refractivity contribution in [2.45, 2.75) is 38.6 Å². The van der Waals surface area contributed by atoms with Crippen LogP contribution in [0, 0.1) is 0 Å². The Bertz CT molecular complexity index is 1260. The SMILES string of the molecule is CN1CCn2cc(-c3ccc4c(=O)c(C(=O)O)cn(C5CC5)c4c3OC(F)F)cc2C1. The maximum atomic E-state index is 13.5. The van der Waals surface area contributed by atoms with E-state index in [4.69, 9.17) is 4.74 Å². The van der Waals surface area contributed by atoms with Crippen LogP contribution >= 0.6 is 0 Å². The lowest BCUT2D eigenvalue weighted by atomic mass is 10.0. The van der Waals surface area contributed by atoms with E-state index in [9.17, 15) is 23.5 Å².